The number of rotatable bonds is 4. The minimum atomic E-state index is -0.932. The van der Waals surface area contributed by atoms with Crippen LogP contribution in [0.15, 0.2) is 42.5 Å². The van der Waals surface area contributed by atoms with Crippen molar-refractivity contribution in [2.75, 3.05) is 12.1 Å². The van der Waals surface area contributed by atoms with Crippen molar-refractivity contribution in [2.45, 2.75) is 13.0 Å². The van der Waals surface area contributed by atoms with Crippen molar-refractivity contribution in [1.29, 1.82) is 0 Å². The molecule has 2 aromatic rings. The van der Waals surface area contributed by atoms with Crippen molar-refractivity contribution in [1.82, 2.24) is 0 Å². The molecule has 7 heteroatoms. The number of carbonyl (C=O) groups excluding carboxylic acids is 2. The molecule has 1 heterocycles. The zero-order valence-corrected chi connectivity index (χ0v) is 14.9. The van der Waals surface area contributed by atoms with E-state index in [1.165, 1.54) is 6.92 Å². The monoisotopic (exact) mass is 439 g/mol. The molecule has 1 aliphatic heterocycles. The van der Waals surface area contributed by atoms with Crippen molar-refractivity contribution in [3.63, 3.8) is 0 Å². The predicted octanol–water partition coefficient (Wildman–Crippen LogP) is 3.20. The summed E-state index contributed by atoms with van der Waals surface area (Å²) in [6, 6.07) is 12.1. The highest BCUT2D eigenvalue weighted by atomic mass is 127. The molecule has 1 aliphatic rings. The normalized spacial score (nSPS) is 13.2. The lowest BCUT2D eigenvalue weighted by Gasteiger charge is -2.14. The van der Waals surface area contributed by atoms with Crippen molar-refractivity contribution >= 4 is 40.2 Å². The zero-order chi connectivity index (χ0) is 17.1. The average Bonchev–Trinajstić information content (AvgIpc) is 3.02. The van der Waals surface area contributed by atoms with Crippen LogP contribution in [0.3, 0.4) is 0 Å². The first-order chi connectivity index (χ1) is 11.5. The molecule has 0 radical (unpaired) electrons. The Kier molecular flexibility index (Phi) is 4.89. The van der Waals surface area contributed by atoms with E-state index in [4.69, 9.17) is 14.2 Å². The largest absolute Gasteiger partial charge is 0.454 e. The van der Waals surface area contributed by atoms with Crippen LogP contribution >= 0.6 is 22.6 Å². The van der Waals surface area contributed by atoms with E-state index in [1.807, 2.05) is 28.7 Å². The number of fused-ring (bicyclic) bond motifs is 1. The van der Waals surface area contributed by atoms with Crippen LogP contribution in [0.4, 0.5) is 5.69 Å². The maximum absolute atomic E-state index is 12.2. The number of amides is 1. The molecule has 3 rings (SSSR count). The molecule has 0 bridgehead atoms. The first-order valence-electron chi connectivity index (χ1n) is 7.20. The van der Waals surface area contributed by atoms with Crippen LogP contribution in [-0.4, -0.2) is 24.8 Å². The molecule has 0 aromatic heterocycles. The van der Waals surface area contributed by atoms with Crippen molar-refractivity contribution in [3.8, 4) is 11.5 Å². The van der Waals surface area contributed by atoms with Gasteiger partial charge in [-0.15, -0.1) is 0 Å². The number of anilines is 1. The first kappa shape index (κ1) is 16.6. The summed E-state index contributed by atoms with van der Waals surface area (Å²) < 4.78 is 16.5. The third-order valence-electron chi connectivity index (χ3n) is 3.39. The molecule has 0 saturated carbocycles. The molecule has 0 aliphatic carbocycles. The number of halogens is 1. The molecule has 0 spiro atoms. The van der Waals surface area contributed by atoms with E-state index in [9.17, 15) is 9.59 Å². The molecule has 1 atom stereocenters. The maximum Gasteiger partial charge on any atom is 0.339 e. The highest BCUT2D eigenvalue weighted by molar-refractivity contribution is 14.1. The van der Waals surface area contributed by atoms with E-state index in [1.54, 1.807) is 36.4 Å². The molecular formula is C17H14INO5. The fourth-order valence-corrected chi connectivity index (χ4v) is 2.73. The van der Waals surface area contributed by atoms with Crippen molar-refractivity contribution in [3.05, 3.63) is 51.6 Å². The topological polar surface area (TPSA) is 73.9 Å². The second-order valence-corrected chi connectivity index (χ2v) is 6.25. The lowest BCUT2D eigenvalue weighted by molar-refractivity contribution is -0.123. The summed E-state index contributed by atoms with van der Waals surface area (Å²) in [5, 5.41) is 2.69. The minimum absolute atomic E-state index is 0.163. The van der Waals surface area contributed by atoms with Crippen LogP contribution in [0.1, 0.15) is 17.3 Å². The third kappa shape index (κ3) is 3.61. The lowest BCUT2D eigenvalue weighted by Crippen LogP contribution is -2.30. The first-order valence-corrected chi connectivity index (χ1v) is 8.28. The Morgan fingerprint density at radius 3 is 2.71 bits per heavy atom. The van der Waals surface area contributed by atoms with E-state index >= 15 is 0 Å². The highest BCUT2D eigenvalue weighted by Crippen LogP contribution is 2.34. The summed E-state index contributed by atoms with van der Waals surface area (Å²) in [7, 11) is 0. The average molecular weight is 439 g/mol. The van der Waals surface area contributed by atoms with Gasteiger partial charge in [0.2, 0.25) is 6.79 Å². The molecule has 1 N–H and O–H groups in total. The van der Waals surface area contributed by atoms with E-state index < -0.39 is 18.0 Å². The van der Waals surface area contributed by atoms with Crippen LogP contribution < -0.4 is 14.8 Å². The van der Waals surface area contributed by atoms with Gasteiger partial charge in [0.25, 0.3) is 5.91 Å². The van der Waals surface area contributed by atoms with E-state index in [0.717, 1.165) is 3.57 Å². The second-order valence-electron chi connectivity index (χ2n) is 5.08. The highest BCUT2D eigenvalue weighted by Gasteiger charge is 2.21. The van der Waals surface area contributed by atoms with Gasteiger partial charge in [0, 0.05) is 15.3 Å². The van der Waals surface area contributed by atoms with Gasteiger partial charge in [-0.05, 0) is 53.8 Å². The third-order valence-corrected chi connectivity index (χ3v) is 4.33. The smallest absolute Gasteiger partial charge is 0.339 e. The SMILES string of the molecule is C[C@H](OC(=O)c1ccccc1I)C(=O)Nc1ccc2c(c1)OCO2. The molecule has 0 fully saturated rings. The molecule has 1 amide bonds. The van der Waals surface area contributed by atoms with Crippen LogP contribution in [-0.2, 0) is 9.53 Å². The van der Waals surface area contributed by atoms with Gasteiger partial charge in [0.15, 0.2) is 17.6 Å². The van der Waals surface area contributed by atoms with Gasteiger partial charge >= 0.3 is 5.97 Å². The zero-order valence-electron chi connectivity index (χ0n) is 12.7. The Morgan fingerprint density at radius 2 is 1.92 bits per heavy atom. The van der Waals surface area contributed by atoms with Crippen molar-refractivity contribution < 1.29 is 23.8 Å². The van der Waals surface area contributed by atoms with Gasteiger partial charge in [-0.1, -0.05) is 12.1 Å². The fourth-order valence-electron chi connectivity index (χ4n) is 2.12. The van der Waals surface area contributed by atoms with E-state index in [0.29, 0.717) is 22.7 Å². The van der Waals surface area contributed by atoms with Gasteiger partial charge in [-0.25, -0.2) is 4.79 Å². The molecule has 6 nitrogen and oxygen atoms in total. The Labute approximate surface area is 152 Å². The maximum atomic E-state index is 12.2. The second kappa shape index (κ2) is 7.08. The number of benzene rings is 2. The summed E-state index contributed by atoms with van der Waals surface area (Å²) >= 11 is 2.05. The summed E-state index contributed by atoms with van der Waals surface area (Å²) in [5.41, 5.74) is 0.974. The van der Waals surface area contributed by atoms with Crippen molar-refractivity contribution in [2.24, 2.45) is 0 Å². The van der Waals surface area contributed by atoms with Crippen LogP contribution in [0, 0.1) is 3.57 Å². The van der Waals surface area contributed by atoms with E-state index in [2.05, 4.69) is 5.32 Å². The molecule has 124 valence electrons. The molecular weight excluding hydrogens is 425 g/mol. The number of ether oxygens (including phenoxy) is 3. The Balaban J connectivity index is 1.63. The molecule has 0 saturated heterocycles. The quantitative estimate of drug-likeness (QED) is 0.585. The molecule has 24 heavy (non-hydrogen) atoms. The minimum Gasteiger partial charge on any atom is -0.454 e. The lowest BCUT2D eigenvalue weighted by atomic mass is 10.2. The number of nitrogens with one attached hydrogen (secondary N) is 1. The Bertz CT molecular complexity index is 792. The number of carbonyl (C=O) groups is 2. The molecule has 0 unspecified atom stereocenters. The standard InChI is InChI=1S/C17H14INO5/c1-10(24-17(21)12-4-2-3-5-13(12)18)16(20)19-11-6-7-14-15(8-11)23-9-22-14/h2-8,10H,9H2,1H3,(H,19,20)/t10-/m0/s1. The summed E-state index contributed by atoms with van der Waals surface area (Å²) in [6.45, 7) is 1.69. The predicted molar refractivity (Wildman–Crippen MR) is 95.2 cm³/mol. The summed E-state index contributed by atoms with van der Waals surface area (Å²) in [6.07, 6.45) is -0.932. The Hall–Kier alpha value is -2.29. The van der Waals surface area contributed by atoms with Gasteiger partial charge < -0.3 is 19.5 Å². The van der Waals surface area contributed by atoms with Crippen LogP contribution in [0.25, 0.3) is 0 Å². The van der Waals surface area contributed by atoms with E-state index in [-0.39, 0.29) is 6.79 Å². The summed E-state index contributed by atoms with van der Waals surface area (Å²) in [4.78, 5) is 24.3. The Morgan fingerprint density at radius 1 is 1.17 bits per heavy atom. The van der Waals surface area contributed by atoms with Gasteiger partial charge in [-0.2, -0.15) is 0 Å². The fraction of sp³-hybridized carbons (Fsp3) is 0.176. The van der Waals surface area contributed by atoms with Gasteiger partial charge in [-0.3, -0.25) is 4.79 Å². The van der Waals surface area contributed by atoms with Gasteiger partial charge in [0.05, 0.1) is 5.56 Å². The summed E-state index contributed by atoms with van der Waals surface area (Å²) in [5.74, 6) is 0.240. The number of hydrogen-bond acceptors (Lipinski definition) is 5. The number of hydrogen-bond donors (Lipinski definition) is 1. The van der Waals surface area contributed by atoms with Gasteiger partial charge in [0.1, 0.15) is 0 Å². The molecule has 2 aromatic carbocycles. The van der Waals surface area contributed by atoms with Crippen LogP contribution in [0.2, 0.25) is 0 Å². The number of esters is 1. The van der Waals surface area contributed by atoms with Crippen LogP contribution in [0.5, 0.6) is 11.5 Å².